The lowest BCUT2D eigenvalue weighted by Gasteiger charge is -2.21. The third-order valence-corrected chi connectivity index (χ3v) is 5.89. The van der Waals surface area contributed by atoms with Gasteiger partial charge in [0.05, 0.1) is 6.07 Å². The first-order valence-electron chi connectivity index (χ1n) is 10.3. The van der Waals surface area contributed by atoms with Crippen molar-refractivity contribution in [3.63, 3.8) is 0 Å². The van der Waals surface area contributed by atoms with E-state index in [-0.39, 0.29) is 11.8 Å². The lowest BCUT2D eigenvalue weighted by atomic mass is 9.84. The van der Waals surface area contributed by atoms with Gasteiger partial charge in [0.1, 0.15) is 0 Å². The number of hydrogen-bond acceptors (Lipinski definition) is 3. The summed E-state index contributed by atoms with van der Waals surface area (Å²) in [5, 5.41) is 12.7. The van der Waals surface area contributed by atoms with Crippen molar-refractivity contribution >= 4 is 17.4 Å². The molecule has 0 bridgehead atoms. The van der Waals surface area contributed by atoms with Crippen LogP contribution in [0.3, 0.4) is 0 Å². The lowest BCUT2D eigenvalue weighted by Crippen LogP contribution is -2.40. The van der Waals surface area contributed by atoms with Crippen LogP contribution in [0.5, 0.6) is 0 Å². The molecule has 1 aliphatic rings. The summed E-state index contributed by atoms with van der Waals surface area (Å²) >= 11 is 0. The van der Waals surface area contributed by atoms with Gasteiger partial charge in [0.2, 0.25) is 5.41 Å². The van der Waals surface area contributed by atoms with Crippen LogP contribution < -0.4 is 5.32 Å². The number of rotatable bonds is 3. The maximum atomic E-state index is 13.3. The summed E-state index contributed by atoms with van der Waals surface area (Å²) in [6, 6.07) is 24.8. The second-order valence-electron chi connectivity index (χ2n) is 9.04. The second-order valence-corrected chi connectivity index (χ2v) is 9.04. The highest BCUT2D eigenvalue weighted by atomic mass is 16.2. The fourth-order valence-electron chi connectivity index (χ4n) is 3.96. The molecule has 154 valence electrons. The van der Waals surface area contributed by atoms with Gasteiger partial charge in [-0.25, -0.2) is 0 Å². The van der Waals surface area contributed by atoms with Crippen molar-refractivity contribution < 1.29 is 9.59 Å². The van der Waals surface area contributed by atoms with Gasteiger partial charge in [-0.2, -0.15) is 5.26 Å². The number of carbonyl (C=O) groups is 2. The molecule has 0 spiro atoms. The minimum Gasteiger partial charge on any atom is -0.324 e. The summed E-state index contributed by atoms with van der Waals surface area (Å²) in [5.74, 6) is -1.02. The molecule has 0 saturated carbocycles. The standard InChI is InChI=1S/C27H24N2O2/c1-26(2,3)21-11-13-22(14-12-21)29-25(31)27(17-28)16-20-10-9-19(15-23(20)24(27)30)18-7-5-4-6-8-18/h4-15H,16H2,1-3H3,(H,29,31)/t27-/m1/s1. The summed E-state index contributed by atoms with van der Waals surface area (Å²) in [5.41, 5.74) is 3.00. The Morgan fingerprint density at radius 2 is 1.65 bits per heavy atom. The predicted molar refractivity (Wildman–Crippen MR) is 122 cm³/mol. The molecule has 0 unspecified atom stereocenters. The Morgan fingerprint density at radius 3 is 2.26 bits per heavy atom. The number of nitriles is 1. The van der Waals surface area contributed by atoms with E-state index in [2.05, 4.69) is 26.1 Å². The summed E-state index contributed by atoms with van der Waals surface area (Å²) in [7, 11) is 0. The molecule has 4 nitrogen and oxygen atoms in total. The van der Waals surface area contributed by atoms with Crippen molar-refractivity contribution in [3.05, 3.63) is 89.5 Å². The molecule has 1 amide bonds. The van der Waals surface area contributed by atoms with E-state index in [0.29, 0.717) is 11.3 Å². The van der Waals surface area contributed by atoms with Gasteiger partial charge in [0, 0.05) is 17.7 Å². The van der Waals surface area contributed by atoms with Crippen LogP contribution in [0.15, 0.2) is 72.8 Å². The monoisotopic (exact) mass is 408 g/mol. The van der Waals surface area contributed by atoms with E-state index in [1.165, 1.54) is 0 Å². The average Bonchev–Trinajstić information content (AvgIpc) is 3.06. The van der Waals surface area contributed by atoms with E-state index in [1.54, 1.807) is 6.07 Å². The van der Waals surface area contributed by atoms with Crippen LogP contribution in [-0.4, -0.2) is 11.7 Å². The number of nitrogens with one attached hydrogen (secondary N) is 1. The number of anilines is 1. The highest BCUT2D eigenvalue weighted by Gasteiger charge is 2.52. The van der Waals surface area contributed by atoms with Gasteiger partial charge >= 0.3 is 0 Å². The molecule has 0 saturated heterocycles. The van der Waals surface area contributed by atoms with Crippen LogP contribution in [0.4, 0.5) is 5.69 Å². The maximum absolute atomic E-state index is 13.3. The Bertz CT molecular complexity index is 1200. The van der Waals surface area contributed by atoms with Crippen molar-refractivity contribution in [3.8, 4) is 17.2 Å². The molecule has 31 heavy (non-hydrogen) atoms. The van der Waals surface area contributed by atoms with Gasteiger partial charge in [-0.05, 0) is 45.9 Å². The first kappa shape index (κ1) is 20.6. The third kappa shape index (κ3) is 3.64. The Kier molecular flexibility index (Phi) is 4.99. The zero-order chi connectivity index (χ0) is 22.2. The Hall–Kier alpha value is -3.71. The molecule has 4 rings (SSSR count). The van der Waals surface area contributed by atoms with Crippen LogP contribution in [0.1, 0.15) is 42.3 Å². The van der Waals surface area contributed by atoms with Crippen LogP contribution in [0, 0.1) is 16.7 Å². The summed E-state index contributed by atoms with van der Waals surface area (Å²) in [6.45, 7) is 6.34. The van der Waals surface area contributed by atoms with Crippen LogP contribution in [0.2, 0.25) is 0 Å². The second kappa shape index (κ2) is 7.52. The van der Waals surface area contributed by atoms with Crippen molar-refractivity contribution in [2.75, 3.05) is 5.32 Å². The molecule has 0 aromatic heterocycles. The van der Waals surface area contributed by atoms with Gasteiger partial charge in [-0.1, -0.05) is 75.4 Å². The minimum absolute atomic E-state index is 0.00403. The molecule has 0 fully saturated rings. The van der Waals surface area contributed by atoms with Crippen molar-refractivity contribution in [2.24, 2.45) is 5.41 Å². The average molecular weight is 409 g/mol. The van der Waals surface area contributed by atoms with E-state index in [9.17, 15) is 14.9 Å². The quantitative estimate of drug-likeness (QED) is 0.579. The lowest BCUT2D eigenvalue weighted by molar-refractivity contribution is -0.120. The first-order valence-corrected chi connectivity index (χ1v) is 10.3. The molecule has 4 heteroatoms. The number of nitrogens with zero attached hydrogens (tertiary/aromatic N) is 1. The Labute approximate surface area is 182 Å². The summed E-state index contributed by atoms with van der Waals surface area (Å²) in [4.78, 5) is 26.4. The van der Waals surface area contributed by atoms with Crippen LogP contribution in [-0.2, 0) is 16.6 Å². The number of benzene rings is 3. The van der Waals surface area contributed by atoms with Gasteiger partial charge in [0.25, 0.3) is 5.91 Å². The van der Waals surface area contributed by atoms with E-state index in [4.69, 9.17) is 0 Å². The van der Waals surface area contributed by atoms with E-state index in [1.807, 2.05) is 72.8 Å². The zero-order valence-corrected chi connectivity index (χ0v) is 17.9. The number of hydrogen-bond donors (Lipinski definition) is 1. The normalized spacial score (nSPS) is 17.7. The molecule has 0 aliphatic heterocycles. The number of fused-ring (bicyclic) bond motifs is 1. The summed E-state index contributed by atoms with van der Waals surface area (Å²) < 4.78 is 0. The van der Waals surface area contributed by atoms with Crippen LogP contribution >= 0.6 is 0 Å². The van der Waals surface area contributed by atoms with Crippen LogP contribution in [0.25, 0.3) is 11.1 Å². The fourth-order valence-corrected chi connectivity index (χ4v) is 3.96. The molecule has 1 aliphatic carbocycles. The SMILES string of the molecule is CC(C)(C)c1ccc(NC(=O)[C@@]2(C#N)Cc3ccc(-c4ccccc4)cc3C2=O)cc1. The highest BCUT2D eigenvalue weighted by Crippen LogP contribution is 2.39. The predicted octanol–water partition coefficient (Wildman–Crippen LogP) is 5.54. The smallest absolute Gasteiger partial charge is 0.253 e. The summed E-state index contributed by atoms with van der Waals surface area (Å²) in [6.07, 6.45) is 0.0820. The molecule has 1 atom stereocenters. The topological polar surface area (TPSA) is 70.0 Å². The van der Waals surface area contributed by atoms with Gasteiger partial charge in [0.15, 0.2) is 5.78 Å². The molecule has 1 N–H and O–H groups in total. The number of carbonyl (C=O) groups excluding carboxylic acids is 2. The Morgan fingerprint density at radius 1 is 0.968 bits per heavy atom. The maximum Gasteiger partial charge on any atom is 0.253 e. The first-order chi connectivity index (χ1) is 14.7. The van der Waals surface area contributed by atoms with E-state index >= 15 is 0 Å². The molecular weight excluding hydrogens is 384 g/mol. The Balaban J connectivity index is 1.61. The third-order valence-electron chi connectivity index (χ3n) is 5.89. The molecular formula is C27H24N2O2. The minimum atomic E-state index is -1.75. The van der Waals surface area contributed by atoms with E-state index < -0.39 is 17.1 Å². The molecule has 0 heterocycles. The fraction of sp³-hybridized carbons (Fsp3) is 0.222. The van der Waals surface area contributed by atoms with E-state index in [0.717, 1.165) is 22.3 Å². The molecule has 3 aromatic carbocycles. The highest BCUT2D eigenvalue weighted by molar-refractivity contribution is 6.22. The number of amides is 1. The van der Waals surface area contributed by atoms with Crippen molar-refractivity contribution in [1.29, 1.82) is 5.26 Å². The largest absolute Gasteiger partial charge is 0.324 e. The van der Waals surface area contributed by atoms with Crippen molar-refractivity contribution in [1.82, 2.24) is 0 Å². The van der Waals surface area contributed by atoms with Gasteiger partial charge in [-0.3, -0.25) is 9.59 Å². The van der Waals surface area contributed by atoms with Gasteiger partial charge < -0.3 is 5.32 Å². The number of Topliss-reactive ketones (excluding diaryl/α,β-unsaturated/α-hetero) is 1. The van der Waals surface area contributed by atoms with Crippen molar-refractivity contribution in [2.45, 2.75) is 32.6 Å². The van der Waals surface area contributed by atoms with Gasteiger partial charge in [-0.15, -0.1) is 0 Å². The molecule has 0 radical (unpaired) electrons. The number of ketones is 1. The zero-order valence-electron chi connectivity index (χ0n) is 17.9. The molecule has 3 aromatic rings.